The highest BCUT2D eigenvalue weighted by molar-refractivity contribution is 14.1. The van der Waals surface area contributed by atoms with E-state index in [-0.39, 0.29) is 42.4 Å². The number of amides is 1. The predicted molar refractivity (Wildman–Crippen MR) is 145 cm³/mol. The van der Waals surface area contributed by atoms with Crippen molar-refractivity contribution in [2.75, 3.05) is 36.2 Å². The van der Waals surface area contributed by atoms with Crippen LogP contribution in [0.25, 0.3) is 0 Å². The minimum atomic E-state index is -4.49. The van der Waals surface area contributed by atoms with Gasteiger partial charge in [0.1, 0.15) is 5.82 Å². The molecule has 2 aliphatic heterocycles. The zero-order valence-corrected chi connectivity index (χ0v) is 24.2. The Morgan fingerprint density at radius 2 is 2.13 bits per heavy atom. The van der Waals surface area contributed by atoms with Crippen molar-refractivity contribution in [3.05, 3.63) is 23.9 Å². The van der Waals surface area contributed by atoms with Gasteiger partial charge < -0.3 is 30.1 Å². The number of carbonyl (C=O) groups is 1. The molecule has 0 radical (unpaired) electrons. The van der Waals surface area contributed by atoms with Gasteiger partial charge in [0.05, 0.1) is 41.9 Å². The normalized spacial score (nSPS) is 34.2. The van der Waals surface area contributed by atoms with Crippen molar-refractivity contribution < 1.29 is 32.5 Å². The molecule has 38 heavy (non-hydrogen) atoms. The summed E-state index contributed by atoms with van der Waals surface area (Å²) in [7, 11) is 1.68. The van der Waals surface area contributed by atoms with Crippen LogP contribution in [-0.4, -0.2) is 83.7 Å². The summed E-state index contributed by atoms with van der Waals surface area (Å²) in [5, 5.41) is 17.9. The molecule has 4 rings (SSSR count). The molecule has 1 aromatic heterocycles. The summed E-state index contributed by atoms with van der Waals surface area (Å²) in [4.78, 5) is 19.6. The second-order valence-electron chi connectivity index (χ2n) is 11.0. The van der Waals surface area contributed by atoms with E-state index in [1.165, 1.54) is 0 Å². The fourth-order valence-electron chi connectivity index (χ4n) is 6.19. The Morgan fingerprint density at radius 3 is 2.79 bits per heavy atom. The molecular weight excluding hydrogens is 616 g/mol. The first-order valence-corrected chi connectivity index (χ1v) is 14.7. The molecule has 3 aliphatic rings. The third-order valence-electron chi connectivity index (χ3n) is 8.61. The van der Waals surface area contributed by atoms with Gasteiger partial charge in [-0.3, -0.25) is 4.79 Å². The van der Waals surface area contributed by atoms with Gasteiger partial charge in [-0.05, 0) is 43.7 Å². The first-order valence-electron chi connectivity index (χ1n) is 13.2. The van der Waals surface area contributed by atoms with Crippen LogP contribution < -0.4 is 15.5 Å². The van der Waals surface area contributed by atoms with Gasteiger partial charge in [0, 0.05) is 43.0 Å². The van der Waals surface area contributed by atoms with Crippen LogP contribution in [0, 0.1) is 11.3 Å². The number of halogens is 4. The number of hydrogen-bond acceptors (Lipinski definition) is 7. The lowest BCUT2D eigenvalue weighted by atomic mass is 9.74. The van der Waals surface area contributed by atoms with Crippen molar-refractivity contribution in [1.29, 1.82) is 0 Å². The van der Waals surface area contributed by atoms with Crippen LogP contribution in [0.3, 0.4) is 0 Å². The van der Waals surface area contributed by atoms with E-state index in [9.17, 15) is 23.1 Å². The summed E-state index contributed by atoms with van der Waals surface area (Å²) < 4.78 is 51.5. The number of carbonyl (C=O) groups excluding carboxylic acids is 1. The maximum atomic E-state index is 13.8. The molecule has 0 bridgehead atoms. The van der Waals surface area contributed by atoms with Crippen molar-refractivity contribution in [2.24, 2.45) is 11.3 Å². The van der Waals surface area contributed by atoms with E-state index in [0.29, 0.717) is 30.5 Å². The Labute approximate surface area is 235 Å². The highest BCUT2D eigenvalue weighted by atomic mass is 127. The largest absolute Gasteiger partial charge is 0.416 e. The third-order valence-corrected chi connectivity index (χ3v) is 9.51. The molecule has 214 valence electrons. The van der Waals surface area contributed by atoms with Gasteiger partial charge in [0.15, 0.2) is 0 Å². The number of nitrogens with zero attached hydrogens (tertiary/aromatic N) is 2. The van der Waals surface area contributed by atoms with Crippen LogP contribution in [0.1, 0.15) is 45.1 Å². The minimum Gasteiger partial charge on any atom is -0.389 e. The van der Waals surface area contributed by atoms with E-state index in [4.69, 9.17) is 9.47 Å². The first kappa shape index (κ1) is 29.8. The Balaban J connectivity index is 1.46. The molecule has 0 aromatic carbocycles. The van der Waals surface area contributed by atoms with E-state index < -0.39 is 35.3 Å². The van der Waals surface area contributed by atoms with Crippen LogP contribution >= 0.6 is 22.6 Å². The maximum Gasteiger partial charge on any atom is 0.416 e. The molecule has 2 saturated heterocycles. The summed E-state index contributed by atoms with van der Waals surface area (Å²) in [6.07, 6.45) is -1.24. The lowest BCUT2D eigenvalue weighted by molar-refractivity contribution is -0.137. The van der Waals surface area contributed by atoms with Crippen molar-refractivity contribution in [3.8, 4) is 0 Å². The van der Waals surface area contributed by atoms with Gasteiger partial charge in [0.2, 0.25) is 5.91 Å². The number of aromatic nitrogens is 1. The molecule has 1 saturated carbocycles. The molecule has 8 nitrogen and oxygen atoms in total. The number of anilines is 1. The SMILES string of the molecule is CO[C@@H]1COCC[C@@H]1N[C@@H]1CC[C@@](C(=O)N[C@@H]2CN(c3cc(C(F)(F)F)ccn3)[C@H](CI)C2O)(C(C)C)C1. The number of hydrogen-bond donors (Lipinski definition) is 3. The number of aliphatic hydroxyl groups excluding tert-OH is 1. The smallest absolute Gasteiger partial charge is 0.389 e. The molecule has 1 aromatic rings. The zero-order chi connectivity index (χ0) is 27.7. The monoisotopic (exact) mass is 654 g/mol. The van der Waals surface area contributed by atoms with E-state index >= 15 is 0 Å². The van der Waals surface area contributed by atoms with E-state index in [2.05, 4.69) is 38.2 Å². The second kappa shape index (κ2) is 12.1. The molecular formula is C26H38F3IN4O4. The predicted octanol–water partition coefficient (Wildman–Crippen LogP) is 3.16. The fourth-order valence-corrected chi connectivity index (χ4v) is 7.19. The van der Waals surface area contributed by atoms with Gasteiger partial charge >= 0.3 is 6.18 Å². The summed E-state index contributed by atoms with van der Waals surface area (Å²) >= 11 is 2.11. The first-order chi connectivity index (χ1) is 18.0. The van der Waals surface area contributed by atoms with Gasteiger partial charge in [-0.1, -0.05) is 36.4 Å². The number of pyridine rings is 1. The second-order valence-corrected chi connectivity index (χ2v) is 11.9. The Hall–Kier alpha value is -1.22. The van der Waals surface area contributed by atoms with E-state index in [1.54, 1.807) is 12.0 Å². The lowest BCUT2D eigenvalue weighted by Gasteiger charge is -2.36. The summed E-state index contributed by atoms with van der Waals surface area (Å²) in [5.41, 5.74) is -1.40. The standard InChI is InChI=1S/C26H38F3IN4O4/c1-15(2)25(7-4-17(11-25)32-18-6-9-38-14-21(18)37-3)24(36)33-19-13-34(20(12-30)23(19)35)22-10-16(5-8-31-22)26(27,28)29/h5,8,10,15,17-21,23,32,35H,4,6-7,9,11-14H2,1-3H3,(H,33,36)/t17-,18+,19-,20-,21-,23?,25+/m1/s1. The van der Waals surface area contributed by atoms with Gasteiger partial charge in [0.25, 0.3) is 0 Å². The molecule has 1 amide bonds. The molecule has 3 fully saturated rings. The molecule has 3 heterocycles. The third kappa shape index (κ3) is 6.08. The van der Waals surface area contributed by atoms with Crippen molar-refractivity contribution >= 4 is 34.3 Å². The maximum absolute atomic E-state index is 13.8. The zero-order valence-electron chi connectivity index (χ0n) is 22.0. The van der Waals surface area contributed by atoms with Gasteiger partial charge in [-0.25, -0.2) is 4.98 Å². The average molecular weight is 655 g/mol. The fraction of sp³-hybridized carbons (Fsp3) is 0.769. The van der Waals surface area contributed by atoms with Crippen molar-refractivity contribution in [1.82, 2.24) is 15.6 Å². The molecule has 7 atom stereocenters. The molecule has 0 spiro atoms. The lowest BCUT2D eigenvalue weighted by Crippen LogP contribution is -2.53. The average Bonchev–Trinajstić information content (AvgIpc) is 3.46. The van der Waals surface area contributed by atoms with Crippen molar-refractivity contribution in [3.63, 3.8) is 0 Å². The quantitative estimate of drug-likeness (QED) is 0.293. The number of alkyl halides is 4. The van der Waals surface area contributed by atoms with Crippen LogP contribution in [0.4, 0.5) is 19.0 Å². The van der Waals surface area contributed by atoms with E-state index in [0.717, 1.165) is 31.2 Å². The highest BCUT2D eigenvalue weighted by Crippen LogP contribution is 2.45. The Kier molecular flexibility index (Phi) is 9.48. The van der Waals surface area contributed by atoms with Crippen LogP contribution in [0.5, 0.6) is 0 Å². The number of aliphatic hydroxyl groups is 1. The molecule has 12 heteroatoms. The van der Waals surface area contributed by atoms with Crippen molar-refractivity contribution in [2.45, 2.75) is 82.1 Å². The number of nitrogens with one attached hydrogen (secondary N) is 2. The van der Waals surface area contributed by atoms with Gasteiger partial charge in [-0.2, -0.15) is 13.2 Å². The number of ether oxygens (including phenoxy) is 2. The topological polar surface area (TPSA) is 96.0 Å². The molecule has 1 aliphatic carbocycles. The summed E-state index contributed by atoms with van der Waals surface area (Å²) in [6.45, 7) is 5.50. The van der Waals surface area contributed by atoms with Crippen LogP contribution in [-0.2, 0) is 20.4 Å². The summed E-state index contributed by atoms with van der Waals surface area (Å²) in [6, 6.07) is 1.17. The Morgan fingerprint density at radius 1 is 1.37 bits per heavy atom. The molecule has 3 N–H and O–H groups in total. The number of methoxy groups -OCH3 is 1. The van der Waals surface area contributed by atoms with Gasteiger partial charge in [-0.15, -0.1) is 0 Å². The van der Waals surface area contributed by atoms with Crippen LogP contribution in [0.15, 0.2) is 18.3 Å². The van der Waals surface area contributed by atoms with E-state index in [1.807, 2.05) is 13.8 Å². The molecule has 1 unspecified atom stereocenters. The Bertz CT molecular complexity index is 971. The minimum absolute atomic E-state index is 0.0269. The summed E-state index contributed by atoms with van der Waals surface area (Å²) in [5.74, 6) is 0.106. The highest BCUT2D eigenvalue weighted by Gasteiger charge is 2.50. The van der Waals surface area contributed by atoms with Crippen LogP contribution in [0.2, 0.25) is 0 Å². The number of rotatable bonds is 8.